The summed E-state index contributed by atoms with van der Waals surface area (Å²) in [6.45, 7) is 7.43. The maximum Gasteiger partial charge on any atom is 0.328 e. The molecule has 0 saturated carbocycles. The van der Waals surface area contributed by atoms with Gasteiger partial charge in [0.05, 0.1) is 24.1 Å². The first-order chi connectivity index (χ1) is 17.6. The number of aryl methyl sites for hydroxylation is 1. The molecular formula is C26H32FN5O4S. The molecule has 0 radical (unpaired) electrons. The number of nitrogens with one attached hydrogen (secondary N) is 1. The number of fused-ring (bicyclic) bond motifs is 1. The molecule has 0 amide bonds. The molecule has 2 aromatic carbocycles. The van der Waals surface area contributed by atoms with E-state index in [-0.39, 0.29) is 29.9 Å². The average Bonchev–Trinajstić information content (AvgIpc) is 2.88. The van der Waals surface area contributed by atoms with E-state index in [0.29, 0.717) is 36.8 Å². The largest absolute Gasteiger partial charge is 0.467 e. The number of aromatic nitrogens is 2. The highest BCUT2D eigenvalue weighted by atomic mass is 32.2. The summed E-state index contributed by atoms with van der Waals surface area (Å²) in [6.07, 6.45) is 0. The maximum absolute atomic E-state index is 13.7. The Morgan fingerprint density at radius 3 is 2.49 bits per heavy atom. The van der Waals surface area contributed by atoms with E-state index in [1.54, 1.807) is 6.92 Å². The van der Waals surface area contributed by atoms with Gasteiger partial charge < -0.3 is 10.1 Å². The fourth-order valence-corrected chi connectivity index (χ4v) is 6.05. The number of esters is 1. The molecule has 1 atom stereocenters. The van der Waals surface area contributed by atoms with Crippen LogP contribution in [0.4, 0.5) is 10.2 Å². The van der Waals surface area contributed by atoms with Crippen molar-refractivity contribution in [3.63, 3.8) is 0 Å². The lowest BCUT2D eigenvalue weighted by Crippen LogP contribution is -2.48. The topological polar surface area (TPSA) is 105 Å². The number of para-hydroxylation sites is 1. The highest BCUT2D eigenvalue weighted by molar-refractivity contribution is 7.89. The van der Waals surface area contributed by atoms with Gasteiger partial charge in [-0.2, -0.15) is 4.31 Å². The Labute approximate surface area is 216 Å². The summed E-state index contributed by atoms with van der Waals surface area (Å²) in [5.74, 6) is 0.136. The van der Waals surface area contributed by atoms with E-state index in [9.17, 15) is 17.6 Å². The van der Waals surface area contributed by atoms with Crippen molar-refractivity contribution in [2.75, 3.05) is 38.6 Å². The van der Waals surface area contributed by atoms with Crippen LogP contribution in [0.15, 0.2) is 47.4 Å². The molecule has 4 rings (SSSR count). The Hall–Kier alpha value is -3.15. The van der Waals surface area contributed by atoms with Gasteiger partial charge in [0.1, 0.15) is 23.5 Å². The summed E-state index contributed by atoms with van der Waals surface area (Å²) in [5, 5.41) is 4.04. The average molecular weight is 530 g/mol. The number of sulfonamides is 1. The number of halogens is 1. The van der Waals surface area contributed by atoms with Crippen LogP contribution in [0.25, 0.3) is 10.9 Å². The van der Waals surface area contributed by atoms with Crippen LogP contribution in [0.3, 0.4) is 0 Å². The van der Waals surface area contributed by atoms with Gasteiger partial charge in [-0.3, -0.25) is 4.90 Å². The number of piperazine rings is 1. The Kier molecular flexibility index (Phi) is 8.05. The minimum absolute atomic E-state index is 0.000147. The van der Waals surface area contributed by atoms with Gasteiger partial charge in [0.2, 0.25) is 10.0 Å². The summed E-state index contributed by atoms with van der Waals surface area (Å²) < 4.78 is 46.3. The van der Waals surface area contributed by atoms with E-state index in [2.05, 4.69) is 10.2 Å². The smallest absolute Gasteiger partial charge is 0.328 e. The van der Waals surface area contributed by atoms with Crippen LogP contribution >= 0.6 is 0 Å². The second-order valence-corrected chi connectivity index (χ2v) is 11.4. The highest BCUT2D eigenvalue weighted by Crippen LogP contribution is 2.25. The molecule has 0 aliphatic carbocycles. The van der Waals surface area contributed by atoms with Crippen LogP contribution in [0, 0.1) is 18.7 Å². The molecule has 3 aromatic rings. The van der Waals surface area contributed by atoms with Gasteiger partial charge in [0.25, 0.3) is 0 Å². The molecular weight excluding hydrogens is 497 g/mol. The van der Waals surface area contributed by atoms with Crippen molar-refractivity contribution in [3.8, 4) is 0 Å². The summed E-state index contributed by atoms with van der Waals surface area (Å²) in [7, 11) is -2.44. The molecule has 2 heterocycles. The van der Waals surface area contributed by atoms with Crippen LogP contribution < -0.4 is 5.32 Å². The molecule has 11 heteroatoms. The lowest BCUT2D eigenvalue weighted by Gasteiger charge is -2.34. The number of rotatable bonds is 8. The molecule has 1 N–H and O–H groups in total. The second kappa shape index (κ2) is 11.1. The quantitative estimate of drug-likeness (QED) is 0.444. The first-order valence-corrected chi connectivity index (χ1v) is 13.6. The lowest BCUT2D eigenvalue weighted by molar-refractivity contribution is -0.142. The molecule has 0 unspecified atom stereocenters. The molecule has 1 aliphatic heterocycles. The van der Waals surface area contributed by atoms with Crippen LogP contribution in [0.2, 0.25) is 0 Å². The third-order valence-corrected chi connectivity index (χ3v) is 8.57. The minimum atomic E-state index is -3.80. The zero-order chi connectivity index (χ0) is 26.7. The minimum Gasteiger partial charge on any atom is -0.467 e. The van der Waals surface area contributed by atoms with Crippen molar-refractivity contribution >= 4 is 32.7 Å². The molecule has 37 heavy (non-hydrogen) atoms. The first-order valence-electron chi connectivity index (χ1n) is 12.2. The van der Waals surface area contributed by atoms with Crippen molar-refractivity contribution in [1.82, 2.24) is 19.2 Å². The summed E-state index contributed by atoms with van der Waals surface area (Å²) in [5.41, 5.74) is 1.25. The third kappa shape index (κ3) is 5.89. The van der Waals surface area contributed by atoms with Gasteiger partial charge in [-0.25, -0.2) is 27.6 Å². The Balaban J connectivity index is 1.51. The predicted octanol–water partition coefficient (Wildman–Crippen LogP) is 3.19. The molecule has 9 nitrogen and oxygen atoms in total. The SMILES string of the molecule is COC(=O)[C@@H](Nc1nc(CN2CCN(S(=O)(=O)c3cc(F)ccc3C)CC2)nc2ccccc12)C(C)C. The van der Waals surface area contributed by atoms with Gasteiger partial charge in [-0.15, -0.1) is 0 Å². The molecule has 0 bridgehead atoms. The molecule has 1 aromatic heterocycles. The number of hydrogen-bond acceptors (Lipinski definition) is 8. The van der Waals surface area contributed by atoms with Crippen molar-refractivity contribution in [1.29, 1.82) is 0 Å². The number of nitrogens with zero attached hydrogens (tertiary/aromatic N) is 4. The number of methoxy groups -OCH3 is 1. The monoisotopic (exact) mass is 529 g/mol. The normalized spacial score (nSPS) is 16.2. The molecule has 0 spiro atoms. The molecule has 198 valence electrons. The maximum atomic E-state index is 13.7. The van der Waals surface area contributed by atoms with Gasteiger partial charge in [-0.1, -0.05) is 32.0 Å². The van der Waals surface area contributed by atoms with E-state index < -0.39 is 21.9 Å². The van der Waals surface area contributed by atoms with Crippen molar-refractivity contribution in [3.05, 3.63) is 59.7 Å². The van der Waals surface area contributed by atoms with Gasteiger partial charge in [0.15, 0.2) is 0 Å². The zero-order valence-electron chi connectivity index (χ0n) is 21.4. The number of benzene rings is 2. The number of ether oxygens (including phenoxy) is 1. The summed E-state index contributed by atoms with van der Waals surface area (Å²) in [4.78, 5) is 23.8. The number of hydrogen-bond donors (Lipinski definition) is 1. The van der Waals surface area contributed by atoms with E-state index in [1.165, 1.54) is 23.5 Å². The predicted molar refractivity (Wildman–Crippen MR) is 139 cm³/mol. The fourth-order valence-electron chi connectivity index (χ4n) is 4.40. The van der Waals surface area contributed by atoms with Crippen LogP contribution in [0.5, 0.6) is 0 Å². The first kappa shape index (κ1) is 26.9. The number of carbonyl (C=O) groups excluding carboxylic acids is 1. The van der Waals surface area contributed by atoms with Crippen molar-refractivity contribution in [2.45, 2.75) is 38.3 Å². The van der Waals surface area contributed by atoms with Crippen LogP contribution in [-0.2, 0) is 26.1 Å². The van der Waals surface area contributed by atoms with E-state index >= 15 is 0 Å². The molecule has 1 saturated heterocycles. The van der Waals surface area contributed by atoms with Crippen molar-refractivity contribution < 1.29 is 22.3 Å². The van der Waals surface area contributed by atoms with Crippen LogP contribution in [-0.4, -0.2) is 72.9 Å². The highest BCUT2D eigenvalue weighted by Gasteiger charge is 2.30. The molecule has 1 aliphatic rings. The standard InChI is InChI=1S/C26H32FN5O4S/c1-17(2)24(26(33)36-4)30-25-20-7-5-6-8-21(20)28-23(29-25)16-31-11-13-32(14-12-31)37(34,35)22-15-19(27)10-9-18(22)3/h5-10,15,17,24H,11-14,16H2,1-4H3,(H,28,29,30)/t24-/m0/s1. The zero-order valence-corrected chi connectivity index (χ0v) is 22.3. The van der Waals surface area contributed by atoms with Gasteiger partial charge in [-0.05, 0) is 42.7 Å². The fraction of sp³-hybridized carbons (Fsp3) is 0.423. The van der Waals surface area contributed by atoms with E-state index in [4.69, 9.17) is 14.7 Å². The van der Waals surface area contributed by atoms with Crippen molar-refractivity contribution in [2.24, 2.45) is 5.92 Å². The molecule has 1 fully saturated rings. The van der Waals surface area contributed by atoms with E-state index in [1.807, 2.05) is 38.1 Å². The van der Waals surface area contributed by atoms with Crippen LogP contribution in [0.1, 0.15) is 25.2 Å². The summed E-state index contributed by atoms with van der Waals surface area (Å²) in [6, 6.07) is 10.8. The second-order valence-electron chi connectivity index (χ2n) is 9.48. The lowest BCUT2D eigenvalue weighted by atomic mass is 10.0. The van der Waals surface area contributed by atoms with Gasteiger partial charge >= 0.3 is 5.97 Å². The Morgan fingerprint density at radius 1 is 1.11 bits per heavy atom. The van der Waals surface area contributed by atoms with Gasteiger partial charge in [0, 0.05) is 31.6 Å². The number of carbonyl (C=O) groups is 1. The Morgan fingerprint density at radius 2 is 1.81 bits per heavy atom. The number of anilines is 1. The summed E-state index contributed by atoms with van der Waals surface area (Å²) >= 11 is 0. The Bertz CT molecular complexity index is 1390. The van der Waals surface area contributed by atoms with E-state index in [0.717, 1.165) is 17.0 Å². The third-order valence-electron chi connectivity index (χ3n) is 6.53.